The minimum Gasteiger partial charge on any atom is -0.232 e. The molecule has 0 aliphatic heterocycles. The summed E-state index contributed by atoms with van der Waals surface area (Å²) in [5.41, 5.74) is 1.55. The Hall–Kier alpha value is -1.60. The van der Waals surface area contributed by atoms with Crippen molar-refractivity contribution in [3.8, 4) is 6.07 Å². The topological polar surface area (TPSA) is 54.0 Å². The predicted molar refractivity (Wildman–Crippen MR) is 52.0 cm³/mol. The second kappa shape index (κ2) is 3.28. The summed E-state index contributed by atoms with van der Waals surface area (Å²) in [5, 5.41) is 13.2. The van der Waals surface area contributed by atoms with Crippen LogP contribution in [0.4, 0.5) is 0 Å². The Morgan fingerprint density at radius 3 is 3.07 bits per heavy atom. The molecular weight excluding hydrogens is 200 g/mol. The number of aromatic nitrogens is 3. The molecule has 0 bridgehead atoms. The molecule has 5 heteroatoms. The summed E-state index contributed by atoms with van der Waals surface area (Å²) in [4.78, 5) is 3.86. The molecule has 0 aromatic carbocycles. The zero-order valence-electron chi connectivity index (χ0n) is 7.48. The zero-order chi connectivity index (χ0) is 10.1. The van der Waals surface area contributed by atoms with Gasteiger partial charge in [-0.2, -0.15) is 10.4 Å². The van der Waals surface area contributed by atoms with Crippen LogP contribution in [0.25, 0.3) is 5.52 Å². The van der Waals surface area contributed by atoms with Crippen LogP contribution in [0, 0.1) is 11.3 Å². The molecule has 4 nitrogen and oxygen atoms in total. The number of rotatable bonds is 1. The number of fused-ring (bicyclic) bond motifs is 1. The molecule has 0 aliphatic rings. The Bertz CT molecular complexity index is 511. The monoisotopic (exact) mass is 206 g/mol. The van der Waals surface area contributed by atoms with Gasteiger partial charge in [0.1, 0.15) is 11.8 Å². The summed E-state index contributed by atoms with van der Waals surface area (Å²) in [6, 6.07) is 5.80. The van der Waals surface area contributed by atoms with Gasteiger partial charge in [0.15, 0.2) is 5.15 Å². The first kappa shape index (κ1) is 8.97. The highest BCUT2D eigenvalue weighted by atomic mass is 35.5. The molecule has 70 valence electrons. The van der Waals surface area contributed by atoms with E-state index in [1.807, 2.05) is 19.1 Å². The Labute approximate surface area is 85.7 Å². The molecule has 0 amide bonds. The maximum absolute atomic E-state index is 8.80. The van der Waals surface area contributed by atoms with E-state index in [4.69, 9.17) is 16.9 Å². The maximum Gasteiger partial charge on any atom is 0.156 e. The maximum atomic E-state index is 8.80. The largest absolute Gasteiger partial charge is 0.232 e. The molecule has 0 saturated carbocycles. The van der Waals surface area contributed by atoms with Crippen LogP contribution >= 0.6 is 11.6 Å². The van der Waals surface area contributed by atoms with E-state index < -0.39 is 0 Å². The van der Waals surface area contributed by atoms with Crippen LogP contribution in [0.2, 0.25) is 5.15 Å². The molecular formula is C9H7ClN4. The normalized spacial score (nSPS) is 12.6. The molecule has 1 unspecified atom stereocenters. The van der Waals surface area contributed by atoms with Gasteiger partial charge in [0.25, 0.3) is 0 Å². The predicted octanol–water partition coefficient (Wildman–Crippen LogP) is 2.01. The third-order valence-electron chi connectivity index (χ3n) is 2.07. The van der Waals surface area contributed by atoms with Gasteiger partial charge >= 0.3 is 0 Å². The van der Waals surface area contributed by atoms with Crippen LogP contribution in [-0.2, 0) is 0 Å². The van der Waals surface area contributed by atoms with Crippen LogP contribution < -0.4 is 0 Å². The van der Waals surface area contributed by atoms with Crippen LogP contribution in [0.5, 0.6) is 0 Å². The third kappa shape index (κ3) is 1.22. The fraction of sp³-hybridized carbons (Fsp3) is 0.222. The second-order valence-corrected chi connectivity index (χ2v) is 3.31. The SMILES string of the molecule is CC(C#N)c1ccc2c(Cl)ncnn12. The molecule has 0 spiro atoms. The first-order chi connectivity index (χ1) is 6.74. The molecule has 0 fully saturated rings. The van der Waals surface area contributed by atoms with Crippen LogP contribution in [0.15, 0.2) is 18.5 Å². The molecule has 0 aliphatic carbocycles. The molecule has 2 rings (SSSR count). The van der Waals surface area contributed by atoms with E-state index in [0.29, 0.717) is 5.15 Å². The van der Waals surface area contributed by atoms with Crippen molar-refractivity contribution < 1.29 is 0 Å². The van der Waals surface area contributed by atoms with E-state index in [1.165, 1.54) is 6.33 Å². The lowest BCUT2D eigenvalue weighted by Crippen LogP contribution is -2.00. The van der Waals surface area contributed by atoms with Gasteiger partial charge in [0, 0.05) is 0 Å². The number of hydrogen-bond acceptors (Lipinski definition) is 3. The molecule has 0 N–H and O–H groups in total. The van der Waals surface area contributed by atoms with E-state index >= 15 is 0 Å². The summed E-state index contributed by atoms with van der Waals surface area (Å²) in [6.45, 7) is 1.82. The highest BCUT2D eigenvalue weighted by Gasteiger charge is 2.11. The van der Waals surface area contributed by atoms with E-state index in [-0.39, 0.29) is 5.92 Å². The van der Waals surface area contributed by atoms with Crippen LogP contribution in [0.3, 0.4) is 0 Å². The summed E-state index contributed by atoms with van der Waals surface area (Å²) in [5.74, 6) is -0.205. The molecule has 1 atom stereocenters. The fourth-order valence-corrected chi connectivity index (χ4v) is 1.50. The summed E-state index contributed by atoms with van der Waals surface area (Å²) >= 11 is 5.86. The quantitative estimate of drug-likeness (QED) is 0.717. The van der Waals surface area contributed by atoms with Crippen molar-refractivity contribution in [2.24, 2.45) is 0 Å². The zero-order valence-corrected chi connectivity index (χ0v) is 8.23. The Morgan fingerprint density at radius 2 is 2.36 bits per heavy atom. The lowest BCUT2D eigenvalue weighted by molar-refractivity contribution is 0.800. The van der Waals surface area contributed by atoms with Gasteiger partial charge in [0.05, 0.1) is 17.7 Å². The summed E-state index contributed by atoms with van der Waals surface area (Å²) in [6.07, 6.45) is 1.38. The number of nitriles is 1. The van der Waals surface area contributed by atoms with Gasteiger partial charge in [0.2, 0.25) is 0 Å². The van der Waals surface area contributed by atoms with Crippen molar-refractivity contribution in [2.45, 2.75) is 12.8 Å². The van der Waals surface area contributed by atoms with Crippen molar-refractivity contribution in [1.29, 1.82) is 5.26 Å². The summed E-state index contributed by atoms with van der Waals surface area (Å²) < 4.78 is 1.64. The average molecular weight is 207 g/mol. The average Bonchev–Trinajstić information content (AvgIpc) is 2.62. The van der Waals surface area contributed by atoms with Crippen molar-refractivity contribution in [2.75, 3.05) is 0 Å². The number of hydrogen-bond donors (Lipinski definition) is 0. The number of nitrogens with zero attached hydrogens (tertiary/aromatic N) is 4. The van der Waals surface area contributed by atoms with Crippen LogP contribution in [0.1, 0.15) is 18.5 Å². The van der Waals surface area contributed by atoms with E-state index in [9.17, 15) is 0 Å². The minimum absolute atomic E-state index is 0.205. The molecule has 0 radical (unpaired) electrons. The molecule has 2 heterocycles. The Kier molecular flexibility index (Phi) is 2.10. The van der Waals surface area contributed by atoms with Gasteiger partial charge in [-0.3, -0.25) is 0 Å². The molecule has 0 saturated heterocycles. The Morgan fingerprint density at radius 1 is 1.57 bits per heavy atom. The summed E-state index contributed by atoms with van der Waals surface area (Å²) in [7, 11) is 0. The van der Waals surface area contributed by atoms with E-state index in [0.717, 1.165) is 11.2 Å². The number of halogens is 1. The standard InChI is InChI=1S/C9H7ClN4/c1-6(4-11)7-2-3-8-9(10)12-5-13-14(7)8/h2-3,5-6H,1H3. The molecule has 2 aromatic rings. The third-order valence-corrected chi connectivity index (χ3v) is 2.36. The van der Waals surface area contributed by atoms with Gasteiger partial charge < -0.3 is 0 Å². The van der Waals surface area contributed by atoms with Crippen molar-refractivity contribution in [1.82, 2.24) is 14.6 Å². The van der Waals surface area contributed by atoms with Gasteiger partial charge in [-0.15, -0.1) is 0 Å². The smallest absolute Gasteiger partial charge is 0.156 e. The van der Waals surface area contributed by atoms with Gasteiger partial charge in [-0.1, -0.05) is 11.6 Å². The first-order valence-electron chi connectivity index (χ1n) is 4.12. The highest BCUT2D eigenvalue weighted by molar-refractivity contribution is 6.32. The minimum atomic E-state index is -0.205. The van der Waals surface area contributed by atoms with Gasteiger partial charge in [-0.05, 0) is 19.1 Å². The molecule has 14 heavy (non-hydrogen) atoms. The fourth-order valence-electron chi connectivity index (χ4n) is 1.32. The van der Waals surface area contributed by atoms with Crippen LogP contribution in [-0.4, -0.2) is 14.6 Å². The second-order valence-electron chi connectivity index (χ2n) is 2.96. The van der Waals surface area contributed by atoms with E-state index in [1.54, 1.807) is 4.52 Å². The Balaban J connectivity index is 2.71. The van der Waals surface area contributed by atoms with Crippen molar-refractivity contribution in [3.63, 3.8) is 0 Å². The molecule has 2 aromatic heterocycles. The highest BCUT2D eigenvalue weighted by Crippen LogP contribution is 2.20. The van der Waals surface area contributed by atoms with E-state index in [2.05, 4.69) is 16.2 Å². The van der Waals surface area contributed by atoms with Crippen molar-refractivity contribution in [3.05, 3.63) is 29.3 Å². The lowest BCUT2D eigenvalue weighted by atomic mass is 10.1. The lowest BCUT2D eigenvalue weighted by Gasteiger charge is -2.02. The first-order valence-corrected chi connectivity index (χ1v) is 4.49. The van der Waals surface area contributed by atoms with Gasteiger partial charge in [-0.25, -0.2) is 9.50 Å². The van der Waals surface area contributed by atoms with Crippen molar-refractivity contribution >= 4 is 17.1 Å².